The number of benzene rings is 1. The number of aliphatic hydroxyl groups excluding tert-OH is 3. The number of dihydropyridines is 1. The predicted molar refractivity (Wildman–Crippen MR) is 281 cm³/mol. The van der Waals surface area contributed by atoms with Gasteiger partial charge < -0.3 is 46.1 Å². The Labute approximate surface area is 435 Å². The zero-order valence-corrected chi connectivity index (χ0v) is 44.4. The van der Waals surface area contributed by atoms with Crippen molar-refractivity contribution < 1.29 is 39.8 Å². The minimum absolute atomic E-state index is 0.00648. The summed E-state index contributed by atoms with van der Waals surface area (Å²) in [6.07, 6.45) is 23.0. The fourth-order valence-corrected chi connectivity index (χ4v) is 20.1. The quantitative estimate of drug-likeness (QED) is 0.0648. The van der Waals surface area contributed by atoms with E-state index in [0.717, 1.165) is 75.4 Å². The van der Waals surface area contributed by atoms with Crippen LogP contribution in [0.4, 0.5) is 0 Å². The molecule has 0 radical (unpaired) electrons. The summed E-state index contributed by atoms with van der Waals surface area (Å²) in [6.45, 7) is 9.55. The number of nitrogens with two attached hydrogens (primary N) is 1. The standard InChI is InChI=1S/C63H86N2O8/c1-39-21-28-72-62(33-39,55-54(73-55)58(4,70)56(2,38-67)24-18-40-20-26-65-52(64)30-40)50-19-25-63(71)48-32-49(69)47-31-46(68)37-60-45-29-41(11-10-27-66)34-61(47,60)53(48)44(35-57(50,63)3)17-16-43-13-6-5-12-42(43)14-9-15-51(60)59(36-45)22-7-8-23-59/h5-6,12-13,20,29-30,32,39,44-47,50-51,53-55,65-68,70-71H,7-8,10-11,14,16-19,21-28,31,33-38,64H2,1-4H3. The molecule has 5 saturated carbocycles. The van der Waals surface area contributed by atoms with E-state index in [1.165, 1.54) is 29.5 Å². The summed E-state index contributed by atoms with van der Waals surface area (Å²) in [5, 5.41) is 64.5. The molecule has 2 saturated heterocycles. The number of hydrogen-bond acceptors (Lipinski definition) is 10. The minimum Gasteiger partial charge on any atom is -0.396 e. The zero-order chi connectivity index (χ0) is 51.0. The SMILES string of the molecule is CC1CCOC(C2OC2C(C)(O)C(C)(CO)CCC2=CCNC(N)=C2)(C2CCC3(O)C4=CC(=O)C5CC(O)CC67C8C=C(CCCO)CC56C4C(CCc4ccccc4CC#CC7C4(CCCC4)C8)CC23C)C1. The van der Waals surface area contributed by atoms with E-state index in [9.17, 15) is 25.5 Å². The van der Waals surface area contributed by atoms with Gasteiger partial charge in [0.2, 0.25) is 0 Å². The molecule has 0 bridgehead atoms. The van der Waals surface area contributed by atoms with Crippen LogP contribution in [0.15, 0.2) is 71.1 Å². The van der Waals surface area contributed by atoms with Crippen LogP contribution in [-0.4, -0.2) is 92.8 Å². The van der Waals surface area contributed by atoms with Crippen LogP contribution in [0.25, 0.3) is 0 Å². The van der Waals surface area contributed by atoms with Gasteiger partial charge in [0.05, 0.1) is 29.7 Å². The molecule has 3 aliphatic heterocycles. The lowest BCUT2D eigenvalue weighted by Gasteiger charge is -2.71. The molecule has 3 spiro atoms. The van der Waals surface area contributed by atoms with Gasteiger partial charge in [-0.1, -0.05) is 87.4 Å². The van der Waals surface area contributed by atoms with Gasteiger partial charge in [-0.05, 0) is 191 Å². The van der Waals surface area contributed by atoms with Gasteiger partial charge in [0, 0.05) is 54.3 Å². The van der Waals surface area contributed by atoms with Crippen molar-refractivity contribution in [1.29, 1.82) is 0 Å². The molecule has 11 aliphatic rings. The number of aryl methyl sites for hydroxylation is 1. The summed E-state index contributed by atoms with van der Waals surface area (Å²) in [4.78, 5) is 15.8. The van der Waals surface area contributed by atoms with Gasteiger partial charge in [-0.25, -0.2) is 0 Å². The molecule has 10 heteroatoms. The molecule has 17 atom stereocenters. The number of epoxide rings is 1. The Morgan fingerprint density at radius 1 is 0.973 bits per heavy atom. The summed E-state index contributed by atoms with van der Waals surface area (Å²) >= 11 is 0. The molecule has 73 heavy (non-hydrogen) atoms. The van der Waals surface area contributed by atoms with Gasteiger partial charge in [-0.2, -0.15) is 0 Å². The van der Waals surface area contributed by atoms with Gasteiger partial charge in [-0.15, -0.1) is 0 Å². The van der Waals surface area contributed by atoms with Crippen molar-refractivity contribution in [2.45, 2.75) is 191 Å². The second kappa shape index (κ2) is 17.9. The molecule has 7 fully saturated rings. The first-order valence-corrected chi connectivity index (χ1v) is 29.0. The van der Waals surface area contributed by atoms with Crippen molar-refractivity contribution in [3.05, 3.63) is 82.2 Å². The third-order valence-electron chi connectivity index (χ3n) is 23.6. The van der Waals surface area contributed by atoms with Crippen molar-refractivity contribution in [3.8, 4) is 11.8 Å². The fraction of sp³-hybridized carbons (Fsp3) is 0.730. The first-order valence-electron chi connectivity index (χ1n) is 29.0. The molecular weight excluding hydrogens is 913 g/mol. The third-order valence-corrected chi connectivity index (χ3v) is 23.6. The molecule has 0 amide bonds. The molecule has 8 aliphatic carbocycles. The van der Waals surface area contributed by atoms with Crippen molar-refractivity contribution in [2.24, 2.45) is 74.2 Å². The summed E-state index contributed by atoms with van der Waals surface area (Å²) in [6, 6.07) is 8.88. The van der Waals surface area contributed by atoms with Crippen LogP contribution in [0.3, 0.4) is 0 Å². The van der Waals surface area contributed by atoms with E-state index in [4.69, 9.17) is 15.2 Å². The number of nitrogens with one attached hydrogen (secondary N) is 1. The number of carbonyl (C=O) groups is 1. The average Bonchev–Trinajstić information content (AvgIpc) is 3.90. The maximum absolute atomic E-state index is 15.8. The van der Waals surface area contributed by atoms with Gasteiger partial charge in [0.15, 0.2) is 5.78 Å². The molecule has 17 unspecified atom stereocenters. The highest BCUT2D eigenvalue weighted by molar-refractivity contribution is 5.95. The van der Waals surface area contributed by atoms with Crippen LogP contribution in [0.1, 0.15) is 154 Å². The zero-order valence-electron chi connectivity index (χ0n) is 44.4. The Hall–Kier alpha value is -3.27. The Balaban J connectivity index is 0.997. The Morgan fingerprint density at radius 3 is 2.52 bits per heavy atom. The highest BCUT2D eigenvalue weighted by atomic mass is 16.6. The number of ether oxygens (including phenoxy) is 2. The number of hydrogen-bond donors (Lipinski definition) is 7. The van der Waals surface area contributed by atoms with Crippen LogP contribution in [0.2, 0.25) is 0 Å². The number of fused-ring (bicyclic) bond motifs is 4. The topological polar surface area (TPSA) is 178 Å². The molecule has 3 heterocycles. The van der Waals surface area contributed by atoms with E-state index in [1.807, 2.05) is 26.0 Å². The van der Waals surface area contributed by atoms with Crippen molar-refractivity contribution in [2.75, 3.05) is 26.4 Å². The molecule has 1 aromatic rings. The van der Waals surface area contributed by atoms with Gasteiger partial charge >= 0.3 is 0 Å². The average molecular weight is 999 g/mol. The minimum atomic E-state index is -1.41. The summed E-state index contributed by atoms with van der Waals surface area (Å²) in [5.74, 6) is 8.58. The normalized spacial score (nSPS) is 44.6. The van der Waals surface area contributed by atoms with E-state index in [0.29, 0.717) is 76.3 Å². The van der Waals surface area contributed by atoms with Crippen LogP contribution in [0, 0.1) is 80.3 Å². The lowest BCUT2D eigenvalue weighted by Crippen LogP contribution is -2.71. The maximum atomic E-state index is 15.8. The van der Waals surface area contributed by atoms with Gasteiger partial charge in [0.1, 0.15) is 17.8 Å². The molecule has 0 aromatic heterocycles. The Bertz CT molecular complexity index is 2560. The molecule has 12 rings (SSSR count). The van der Waals surface area contributed by atoms with Crippen molar-refractivity contribution in [1.82, 2.24) is 5.32 Å². The van der Waals surface area contributed by atoms with Crippen molar-refractivity contribution >= 4 is 5.78 Å². The Kier molecular flexibility index (Phi) is 12.4. The largest absolute Gasteiger partial charge is 0.396 e. The molecular formula is C63H86N2O8. The number of aliphatic hydroxyl groups is 5. The summed E-state index contributed by atoms with van der Waals surface area (Å²) < 4.78 is 14.3. The summed E-state index contributed by atoms with van der Waals surface area (Å²) in [7, 11) is 0. The summed E-state index contributed by atoms with van der Waals surface area (Å²) in [5.41, 5.74) is 5.89. The predicted octanol–water partition coefficient (Wildman–Crippen LogP) is 8.33. The molecule has 10 nitrogen and oxygen atoms in total. The van der Waals surface area contributed by atoms with Crippen LogP contribution in [-0.2, 0) is 27.1 Å². The Morgan fingerprint density at radius 2 is 1.77 bits per heavy atom. The highest BCUT2D eigenvalue weighted by Crippen LogP contribution is 2.83. The highest BCUT2D eigenvalue weighted by Gasteiger charge is 2.81. The van der Waals surface area contributed by atoms with E-state index >= 15 is 4.79 Å². The second-order valence-electron chi connectivity index (χ2n) is 27.0. The maximum Gasteiger partial charge on any atom is 0.159 e. The number of rotatable bonds is 11. The molecule has 1 aromatic carbocycles. The number of carbonyl (C=O) groups excluding carboxylic acids is 1. The van der Waals surface area contributed by atoms with Crippen LogP contribution >= 0.6 is 0 Å². The fourth-order valence-electron chi connectivity index (χ4n) is 20.1. The lowest BCUT2D eigenvalue weighted by atomic mass is 9.32. The molecule has 8 N–H and O–H groups in total. The van der Waals surface area contributed by atoms with Crippen LogP contribution in [0.5, 0.6) is 0 Å². The van der Waals surface area contributed by atoms with Crippen LogP contribution < -0.4 is 11.1 Å². The van der Waals surface area contributed by atoms with E-state index in [1.54, 1.807) is 0 Å². The lowest BCUT2D eigenvalue weighted by molar-refractivity contribution is -0.225. The second-order valence-corrected chi connectivity index (χ2v) is 27.0. The molecule has 396 valence electrons. The number of ketones is 1. The van der Waals surface area contributed by atoms with E-state index in [-0.39, 0.29) is 54.0 Å². The van der Waals surface area contributed by atoms with E-state index < -0.39 is 62.7 Å². The van der Waals surface area contributed by atoms with E-state index in [2.05, 4.69) is 67.4 Å². The third kappa shape index (κ3) is 7.23. The monoisotopic (exact) mass is 999 g/mol. The first kappa shape index (κ1) is 50.5. The first-order chi connectivity index (χ1) is 34.9. The van der Waals surface area contributed by atoms with Gasteiger partial charge in [-0.3, -0.25) is 4.79 Å². The smallest absolute Gasteiger partial charge is 0.159 e. The number of allylic oxidation sites excluding steroid dienone is 5. The van der Waals surface area contributed by atoms with Crippen molar-refractivity contribution in [3.63, 3.8) is 0 Å². The van der Waals surface area contributed by atoms with Gasteiger partial charge in [0.25, 0.3) is 0 Å².